The predicted molar refractivity (Wildman–Crippen MR) is 63.7 cm³/mol. The number of para-hydroxylation sites is 1. The molecule has 0 spiro atoms. The van der Waals surface area contributed by atoms with E-state index in [-0.39, 0.29) is 16.5 Å². The van der Waals surface area contributed by atoms with E-state index in [0.717, 1.165) is 7.11 Å². The standard InChI is InChI=1S/C11H11O5P/c1-7-11(17(13,14)15-2)10(12)8-5-3-4-6-9(8)16-7/h3-6H,1-2H3,(H,13,14). The molecule has 1 aromatic carbocycles. The first-order valence-electron chi connectivity index (χ1n) is 4.89. The van der Waals surface area contributed by atoms with Gasteiger partial charge < -0.3 is 13.8 Å². The Morgan fingerprint density at radius 3 is 2.65 bits per heavy atom. The zero-order valence-corrected chi connectivity index (χ0v) is 10.2. The zero-order chi connectivity index (χ0) is 12.6. The lowest BCUT2D eigenvalue weighted by atomic mass is 10.2. The molecule has 5 nitrogen and oxygen atoms in total. The van der Waals surface area contributed by atoms with Gasteiger partial charge in [0, 0.05) is 7.11 Å². The number of rotatable bonds is 2. The minimum absolute atomic E-state index is 0.0985. The molecule has 2 rings (SSSR count). The van der Waals surface area contributed by atoms with E-state index >= 15 is 0 Å². The van der Waals surface area contributed by atoms with E-state index in [0.29, 0.717) is 5.58 Å². The summed E-state index contributed by atoms with van der Waals surface area (Å²) >= 11 is 0. The molecule has 0 aliphatic heterocycles. The van der Waals surface area contributed by atoms with E-state index in [1.165, 1.54) is 6.92 Å². The number of hydrogen-bond acceptors (Lipinski definition) is 4. The Labute approximate surface area is 97.2 Å². The van der Waals surface area contributed by atoms with E-state index in [2.05, 4.69) is 4.52 Å². The molecule has 90 valence electrons. The third-order valence-corrected chi connectivity index (χ3v) is 4.05. The molecule has 2 aromatic rings. The van der Waals surface area contributed by atoms with Gasteiger partial charge in [-0.2, -0.15) is 0 Å². The molecular formula is C11H11O5P. The molecule has 0 fully saturated rings. The Balaban J connectivity index is 2.91. The summed E-state index contributed by atoms with van der Waals surface area (Å²) in [6.07, 6.45) is 0. The van der Waals surface area contributed by atoms with Crippen molar-refractivity contribution in [3.8, 4) is 0 Å². The lowest BCUT2D eigenvalue weighted by molar-refractivity contribution is 0.327. The Hall–Kier alpha value is -1.42. The van der Waals surface area contributed by atoms with Crippen LogP contribution in [0.25, 0.3) is 11.0 Å². The predicted octanol–water partition coefficient (Wildman–Crippen LogP) is 1.56. The topological polar surface area (TPSA) is 76.7 Å². The molecule has 0 saturated heterocycles. The maximum Gasteiger partial charge on any atom is 0.365 e. The maximum atomic E-state index is 12.1. The molecule has 6 heteroatoms. The van der Waals surface area contributed by atoms with Crippen LogP contribution in [-0.2, 0) is 9.09 Å². The van der Waals surface area contributed by atoms with Crippen molar-refractivity contribution in [3.05, 3.63) is 40.2 Å². The van der Waals surface area contributed by atoms with Gasteiger partial charge in [-0.3, -0.25) is 9.36 Å². The Kier molecular flexibility index (Phi) is 2.91. The molecular weight excluding hydrogens is 243 g/mol. The fourth-order valence-corrected chi connectivity index (χ4v) is 2.67. The molecule has 0 radical (unpaired) electrons. The van der Waals surface area contributed by atoms with Crippen LogP contribution in [0.15, 0.2) is 33.5 Å². The molecule has 0 saturated carbocycles. The summed E-state index contributed by atoms with van der Waals surface area (Å²) in [7, 11) is -3.03. The average molecular weight is 254 g/mol. The minimum Gasteiger partial charge on any atom is -0.460 e. The molecule has 0 amide bonds. The largest absolute Gasteiger partial charge is 0.460 e. The van der Waals surface area contributed by atoms with Crippen LogP contribution in [0.5, 0.6) is 0 Å². The van der Waals surface area contributed by atoms with Crippen LogP contribution in [0.4, 0.5) is 0 Å². The number of aryl methyl sites for hydroxylation is 1. The number of benzene rings is 1. The van der Waals surface area contributed by atoms with Crippen molar-refractivity contribution in [1.29, 1.82) is 0 Å². The van der Waals surface area contributed by atoms with Crippen LogP contribution in [-0.4, -0.2) is 12.0 Å². The smallest absolute Gasteiger partial charge is 0.365 e. The quantitative estimate of drug-likeness (QED) is 0.823. The van der Waals surface area contributed by atoms with Crippen LogP contribution >= 0.6 is 7.60 Å². The van der Waals surface area contributed by atoms with Gasteiger partial charge in [-0.1, -0.05) is 12.1 Å². The Morgan fingerprint density at radius 2 is 2.00 bits per heavy atom. The monoisotopic (exact) mass is 254 g/mol. The summed E-state index contributed by atoms with van der Waals surface area (Å²) in [5.74, 6) is 0.0985. The van der Waals surface area contributed by atoms with E-state index in [1.54, 1.807) is 24.3 Å². The fraction of sp³-hybridized carbons (Fsp3) is 0.182. The second kappa shape index (κ2) is 4.11. The van der Waals surface area contributed by atoms with Crippen molar-refractivity contribution >= 4 is 23.9 Å². The average Bonchev–Trinajstić information content (AvgIpc) is 2.28. The highest BCUT2D eigenvalue weighted by atomic mass is 31.2. The third kappa shape index (κ3) is 1.93. The summed E-state index contributed by atoms with van der Waals surface area (Å²) in [4.78, 5) is 21.7. The van der Waals surface area contributed by atoms with Crippen LogP contribution in [0.3, 0.4) is 0 Å². The first-order valence-corrected chi connectivity index (χ1v) is 6.46. The fourth-order valence-electron chi connectivity index (χ4n) is 1.66. The highest BCUT2D eigenvalue weighted by Gasteiger charge is 2.29. The Bertz CT molecular complexity index is 673. The summed E-state index contributed by atoms with van der Waals surface area (Å²) in [6, 6.07) is 6.55. The highest BCUT2D eigenvalue weighted by molar-refractivity contribution is 7.61. The van der Waals surface area contributed by atoms with E-state index < -0.39 is 13.0 Å². The van der Waals surface area contributed by atoms with Crippen LogP contribution in [0, 0.1) is 6.92 Å². The summed E-state index contributed by atoms with van der Waals surface area (Å²) < 4.78 is 21.6. The molecule has 1 unspecified atom stereocenters. The van der Waals surface area contributed by atoms with E-state index in [4.69, 9.17) is 4.42 Å². The van der Waals surface area contributed by atoms with Gasteiger partial charge in [-0.25, -0.2) is 0 Å². The number of hydrogen-bond donors (Lipinski definition) is 1. The molecule has 1 atom stereocenters. The van der Waals surface area contributed by atoms with Crippen molar-refractivity contribution in [2.75, 3.05) is 7.11 Å². The van der Waals surface area contributed by atoms with Gasteiger partial charge in [0.1, 0.15) is 16.6 Å². The maximum absolute atomic E-state index is 12.1. The molecule has 0 bridgehead atoms. The first-order chi connectivity index (χ1) is 7.97. The summed E-state index contributed by atoms with van der Waals surface area (Å²) in [5, 5.41) is -0.0434. The first kappa shape index (κ1) is 12.0. The third-order valence-electron chi connectivity index (χ3n) is 2.47. The normalized spacial score (nSPS) is 14.8. The van der Waals surface area contributed by atoms with E-state index in [9.17, 15) is 14.3 Å². The van der Waals surface area contributed by atoms with Crippen molar-refractivity contribution in [2.45, 2.75) is 6.92 Å². The van der Waals surface area contributed by atoms with Gasteiger partial charge in [0.2, 0.25) is 5.43 Å². The summed E-state index contributed by atoms with van der Waals surface area (Å²) in [5.41, 5.74) is -0.146. The van der Waals surface area contributed by atoms with Gasteiger partial charge in [0.05, 0.1) is 5.39 Å². The van der Waals surface area contributed by atoms with Crippen LogP contribution in [0.1, 0.15) is 5.76 Å². The molecule has 1 heterocycles. The van der Waals surface area contributed by atoms with Gasteiger partial charge in [-0.15, -0.1) is 0 Å². The minimum atomic E-state index is -4.11. The number of fused-ring (bicyclic) bond motifs is 1. The highest BCUT2D eigenvalue weighted by Crippen LogP contribution is 2.39. The van der Waals surface area contributed by atoms with Crippen LogP contribution in [0.2, 0.25) is 0 Å². The lowest BCUT2D eigenvalue weighted by Gasteiger charge is -2.10. The van der Waals surface area contributed by atoms with Gasteiger partial charge >= 0.3 is 7.60 Å². The molecule has 1 aromatic heterocycles. The van der Waals surface area contributed by atoms with Crippen molar-refractivity contribution in [3.63, 3.8) is 0 Å². The summed E-state index contributed by atoms with van der Waals surface area (Å²) in [6.45, 7) is 1.46. The van der Waals surface area contributed by atoms with Crippen molar-refractivity contribution < 1.29 is 18.4 Å². The van der Waals surface area contributed by atoms with Crippen molar-refractivity contribution in [2.24, 2.45) is 0 Å². The molecule has 0 aliphatic rings. The van der Waals surface area contributed by atoms with Gasteiger partial charge in [0.25, 0.3) is 0 Å². The van der Waals surface area contributed by atoms with Gasteiger partial charge in [-0.05, 0) is 19.1 Å². The van der Waals surface area contributed by atoms with Gasteiger partial charge in [0.15, 0.2) is 0 Å². The second-order valence-corrected chi connectivity index (χ2v) is 5.39. The Morgan fingerprint density at radius 1 is 1.35 bits per heavy atom. The lowest BCUT2D eigenvalue weighted by Crippen LogP contribution is -2.27. The van der Waals surface area contributed by atoms with Crippen molar-refractivity contribution in [1.82, 2.24) is 0 Å². The molecule has 1 N–H and O–H groups in total. The van der Waals surface area contributed by atoms with Crippen LogP contribution < -0.4 is 10.7 Å². The molecule has 0 aliphatic carbocycles. The van der Waals surface area contributed by atoms with E-state index in [1.807, 2.05) is 0 Å². The SMILES string of the molecule is COP(=O)(O)c1c(C)oc2ccccc2c1=O. The second-order valence-electron chi connectivity index (χ2n) is 3.54. The zero-order valence-electron chi connectivity index (χ0n) is 9.34. The molecule has 17 heavy (non-hydrogen) atoms.